The van der Waals surface area contributed by atoms with E-state index in [0.717, 1.165) is 6.42 Å². The van der Waals surface area contributed by atoms with Gasteiger partial charge in [-0.15, -0.1) is 0 Å². The minimum Gasteiger partial charge on any atom is -0.368 e. The second kappa shape index (κ2) is 6.84. The Balaban J connectivity index is 0. The summed E-state index contributed by atoms with van der Waals surface area (Å²) >= 11 is 0. The maximum absolute atomic E-state index is 8.11. The van der Waals surface area contributed by atoms with Gasteiger partial charge in [0.25, 0.3) is 0 Å². The first-order valence-electron chi connectivity index (χ1n) is 2.13. The molecule has 0 saturated carbocycles. The first kappa shape index (κ1) is 10.8. The van der Waals surface area contributed by atoms with E-state index in [4.69, 9.17) is 10.2 Å². The summed E-state index contributed by atoms with van der Waals surface area (Å²) in [6.45, 7) is 1.90. The van der Waals surface area contributed by atoms with Gasteiger partial charge in [-0.25, -0.2) is 0 Å². The standard InChI is InChI=1S/C4H10O2.Pb/c1-2-3-4(5)6;/h4-6H,2-3H2,1H3;. The Labute approximate surface area is 63.7 Å². The molecule has 0 fully saturated rings. The van der Waals surface area contributed by atoms with Gasteiger partial charge in [0.15, 0.2) is 6.29 Å². The Bertz CT molecular complexity index is 30.9. The van der Waals surface area contributed by atoms with Crippen LogP contribution in [0.15, 0.2) is 0 Å². The van der Waals surface area contributed by atoms with Crippen molar-refractivity contribution in [3.05, 3.63) is 0 Å². The monoisotopic (exact) mass is 298 g/mol. The van der Waals surface area contributed by atoms with E-state index in [1.807, 2.05) is 6.92 Å². The van der Waals surface area contributed by atoms with Crippen LogP contribution in [0.4, 0.5) is 0 Å². The van der Waals surface area contributed by atoms with E-state index in [-0.39, 0.29) is 27.3 Å². The summed E-state index contributed by atoms with van der Waals surface area (Å²) in [7, 11) is 0. The van der Waals surface area contributed by atoms with Gasteiger partial charge in [-0.3, -0.25) is 0 Å². The average Bonchev–Trinajstić information content (AvgIpc) is 1.35. The summed E-state index contributed by atoms with van der Waals surface area (Å²) in [6.07, 6.45) is 0.215. The van der Waals surface area contributed by atoms with Crippen molar-refractivity contribution in [1.82, 2.24) is 0 Å². The molecule has 2 N–H and O–H groups in total. The zero-order chi connectivity index (χ0) is 4.99. The zero-order valence-corrected chi connectivity index (χ0v) is 8.27. The van der Waals surface area contributed by atoms with Crippen LogP contribution >= 0.6 is 0 Å². The van der Waals surface area contributed by atoms with E-state index in [1.54, 1.807) is 0 Å². The van der Waals surface area contributed by atoms with E-state index >= 15 is 0 Å². The maximum atomic E-state index is 8.11. The molecule has 0 aliphatic carbocycles. The van der Waals surface area contributed by atoms with Crippen LogP contribution in [-0.2, 0) is 0 Å². The van der Waals surface area contributed by atoms with Crippen LogP contribution in [0, 0.1) is 0 Å². The number of hydrogen-bond acceptors (Lipinski definition) is 2. The van der Waals surface area contributed by atoms with Crippen molar-refractivity contribution in [3.63, 3.8) is 0 Å². The first-order valence-corrected chi connectivity index (χ1v) is 2.13. The normalized spacial score (nSPS) is 8.57. The van der Waals surface area contributed by atoms with Crippen molar-refractivity contribution in [2.24, 2.45) is 0 Å². The van der Waals surface area contributed by atoms with Crippen molar-refractivity contribution < 1.29 is 10.2 Å². The Kier molecular flexibility index (Phi) is 10.5. The molecule has 0 rings (SSSR count). The van der Waals surface area contributed by atoms with Crippen LogP contribution in [-0.4, -0.2) is 43.8 Å². The van der Waals surface area contributed by atoms with Gasteiger partial charge in [0.2, 0.25) is 0 Å². The second-order valence-electron chi connectivity index (χ2n) is 1.27. The van der Waals surface area contributed by atoms with Crippen molar-refractivity contribution in [1.29, 1.82) is 0 Å². The van der Waals surface area contributed by atoms with Gasteiger partial charge < -0.3 is 10.2 Å². The molecule has 2 nitrogen and oxygen atoms in total. The van der Waals surface area contributed by atoms with Crippen LogP contribution in [0.3, 0.4) is 0 Å². The Morgan fingerprint density at radius 1 is 1.43 bits per heavy atom. The van der Waals surface area contributed by atoms with E-state index in [9.17, 15) is 0 Å². The van der Waals surface area contributed by atoms with Crippen LogP contribution in [0.5, 0.6) is 0 Å². The van der Waals surface area contributed by atoms with Gasteiger partial charge in [-0.05, 0) is 6.42 Å². The SMILES string of the molecule is CCCC(O)O.[Pb]. The summed E-state index contributed by atoms with van der Waals surface area (Å²) in [5, 5.41) is 16.2. The van der Waals surface area contributed by atoms with Gasteiger partial charge in [-0.1, -0.05) is 13.3 Å². The minimum atomic E-state index is -1.10. The molecule has 42 valence electrons. The molecular formula is C4H10O2Pb. The molecule has 0 aliphatic heterocycles. The fourth-order valence-corrected chi connectivity index (χ4v) is 0.258. The molecule has 0 aromatic heterocycles. The quantitative estimate of drug-likeness (QED) is 0.543. The molecule has 0 aromatic carbocycles. The molecule has 0 atom stereocenters. The van der Waals surface area contributed by atoms with Crippen molar-refractivity contribution in [2.75, 3.05) is 0 Å². The van der Waals surface area contributed by atoms with Gasteiger partial charge in [0.05, 0.1) is 0 Å². The molecule has 0 saturated heterocycles. The number of aliphatic hydroxyl groups is 2. The molecule has 4 radical (unpaired) electrons. The number of aliphatic hydroxyl groups excluding tert-OH is 1. The predicted molar refractivity (Wildman–Crippen MR) is 28.9 cm³/mol. The fourth-order valence-electron chi connectivity index (χ4n) is 0.258. The Morgan fingerprint density at radius 2 is 1.86 bits per heavy atom. The predicted octanol–water partition coefficient (Wildman–Crippen LogP) is -0.284. The molecule has 0 spiro atoms. The number of hydrogen-bond donors (Lipinski definition) is 2. The minimum absolute atomic E-state index is 0. The van der Waals surface area contributed by atoms with E-state index < -0.39 is 6.29 Å². The van der Waals surface area contributed by atoms with Crippen LogP contribution in [0.2, 0.25) is 0 Å². The van der Waals surface area contributed by atoms with Crippen LogP contribution < -0.4 is 0 Å². The molecule has 7 heavy (non-hydrogen) atoms. The summed E-state index contributed by atoms with van der Waals surface area (Å²) in [5.41, 5.74) is 0. The Morgan fingerprint density at radius 3 is 1.86 bits per heavy atom. The third kappa shape index (κ3) is 10.9. The summed E-state index contributed by atoms with van der Waals surface area (Å²) in [6, 6.07) is 0. The molecule has 0 bridgehead atoms. The van der Waals surface area contributed by atoms with Gasteiger partial charge in [0.1, 0.15) is 0 Å². The molecule has 0 amide bonds. The van der Waals surface area contributed by atoms with Gasteiger partial charge in [0, 0.05) is 27.3 Å². The first-order chi connectivity index (χ1) is 2.77. The van der Waals surface area contributed by atoms with E-state index in [0.29, 0.717) is 6.42 Å². The molecule has 0 aliphatic rings. The molecule has 0 heterocycles. The fraction of sp³-hybridized carbons (Fsp3) is 1.00. The zero-order valence-electron chi connectivity index (χ0n) is 4.39. The Hall–Kier alpha value is 0.842. The number of rotatable bonds is 2. The van der Waals surface area contributed by atoms with Gasteiger partial charge >= 0.3 is 0 Å². The topological polar surface area (TPSA) is 40.5 Å². The van der Waals surface area contributed by atoms with Crippen molar-refractivity contribution in [2.45, 2.75) is 26.1 Å². The van der Waals surface area contributed by atoms with Crippen LogP contribution in [0.1, 0.15) is 19.8 Å². The van der Waals surface area contributed by atoms with Crippen molar-refractivity contribution >= 4 is 27.3 Å². The molecule has 0 unspecified atom stereocenters. The maximum Gasteiger partial charge on any atom is 0.151 e. The summed E-state index contributed by atoms with van der Waals surface area (Å²) in [5.74, 6) is 0. The van der Waals surface area contributed by atoms with Crippen LogP contribution in [0.25, 0.3) is 0 Å². The summed E-state index contributed by atoms with van der Waals surface area (Å²) < 4.78 is 0. The third-order valence-corrected chi connectivity index (χ3v) is 0.547. The molecule has 3 heteroatoms. The average molecular weight is 297 g/mol. The smallest absolute Gasteiger partial charge is 0.151 e. The molecular weight excluding hydrogens is 287 g/mol. The van der Waals surface area contributed by atoms with E-state index in [2.05, 4.69) is 0 Å². The third-order valence-electron chi connectivity index (χ3n) is 0.547. The van der Waals surface area contributed by atoms with Gasteiger partial charge in [-0.2, -0.15) is 0 Å². The second-order valence-corrected chi connectivity index (χ2v) is 1.27. The van der Waals surface area contributed by atoms with Crippen molar-refractivity contribution in [3.8, 4) is 0 Å². The van der Waals surface area contributed by atoms with E-state index in [1.165, 1.54) is 0 Å². The largest absolute Gasteiger partial charge is 0.368 e. The summed E-state index contributed by atoms with van der Waals surface area (Å²) in [4.78, 5) is 0. The molecule has 0 aromatic rings.